The van der Waals surface area contributed by atoms with E-state index < -0.39 is 43.0 Å². The maximum atomic E-state index is 11.5. The van der Waals surface area contributed by atoms with Gasteiger partial charge in [-0.15, -0.1) is 10.2 Å². The largest absolute Gasteiger partial charge is 0.510 e. The van der Waals surface area contributed by atoms with E-state index in [1.807, 2.05) is 0 Å². The fourth-order valence-corrected chi connectivity index (χ4v) is 1.90. The molecule has 0 spiro atoms. The molecule has 0 aliphatic rings. The van der Waals surface area contributed by atoms with Crippen molar-refractivity contribution in [2.45, 2.75) is 11.8 Å². The number of aliphatic hydroxyl groups excluding tert-OH is 1. The number of hydrogen-bond donors (Lipinski definition) is 3. The Balaban J connectivity index is 3.39. The van der Waals surface area contributed by atoms with Crippen LogP contribution in [0.4, 0.5) is 11.4 Å². The molecule has 3 N–H and O–H groups in total. The molecule has 0 heterocycles. The third kappa shape index (κ3) is 4.55. The van der Waals surface area contributed by atoms with Gasteiger partial charge in [-0.2, -0.15) is 8.42 Å². The van der Waals surface area contributed by atoms with E-state index in [-0.39, 0.29) is 5.69 Å². The SMILES string of the molecule is CNC(=O)/C(N=Nc1ccc(S(=O)(=O)O)cc1[N+](=O)[O-])=C(\C)O. The van der Waals surface area contributed by atoms with Crippen molar-refractivity contribution in [3.05, 3.63) is 39.8 Å². The minimum Gasteiger partial charge on any atom is -0.510 e. The second-order valence-corrected chi connectivity index (χ2v) is 5.52. The number of carbonyl (C=O) groups excluding carboxylic acids is 1. The average molecular weight is 344 g/mol. The summed E-state index contributed by atoms with van der Waals surface area (Å²) in [6.07, 6.45) is 0. The van der Waals surface area contributed by atoms with E-state index >= 15 is 0 Å². The summed E-state index contributed by atoms with van der Waals surface area (Å²) in [6, 6.07) is 2.41. The zero-order valence-electron chi connectivity index (χ0n) is 11.9. The molecule has 0 aromatic heterocycles. The third-order valence-electron chi connectivity index (χ3n) is 2.48. The zero-order chi connectivity index (χ0) is 17.8. The van der Waals surface area contributed by atoms with Crippen molar-refractivity contribution in [3.63, 3.8) is 0 Å². The normalized spacial score (nSPS) is 12.8. The van der Waals surface area contributed by atoms with Gasteiger partial charge < -0.3 is 10.4 Å². The summed E-state index contributed by atoms with van der Waals surface area (Å²) in [7, 11) is -3.35. The van der Waals surface area contributed by atoms with Gasteiger partial charge in [-0.1, -0.05) is 0 Å². The molecule has 0 radical (unpaired) electrons. The molecular weight excluding hydrogens is 332 g/mol. The lowest BCUT2D eigenvalue weighted by atomic mass is 10.3. The highest BCUT2D eigenvalue weighted by Gasteiger charge is 2.20. The molecule has 1 amide bonds. The summed E-state index contributed by atoms with van der Waals surface area (Å²) in [5.74, 6) is -1.24. The molecule has 1 aromatic carbocycles. The van der Waals surface area contributed by atoms with Gasteiger partial charge in [0.1, 0.15) is 10.7 Å². The first kappa shape index (κ1) is 18.2. The maximum Gasteiger partial charge on any atom is 0.298 e. The van der Waals surface area contributed by atoms with Crippen molar-refractivity contribution in [3.8, 4) is 0 Å². The van der Waals surface area contributed by atoms with Gasteiger partial charge in [-0.3, -0.25) is 19.5 Å². The fraction of sp³-hybridized carbons (Fsp3) is 0.182. The van der Waals surface area contributed by atoms with Crippen molar-refractivity contribution < 1.29 is 27.8 Å². The number of likely N-dealkylation sites (N-methyl/N-ethyl adjacent to an activating group) is 1. The highest BCUT2D eigenvalue weighted by Crippen LogP contribution is 2.30. The highest BCUT2D eigenvalue weighted by molar-refractivity contribution is 7.85. The van der Waals surface area contributed by atoms with Crippen LogP contribution in [-0.4, -0.2) is 36.0 Å². The molecular formula is C11H12N4O7S. The lowest BCUT2D eigenvalue weighted by Gasteiger charge is -2.02. The van der Waals surface area contributed by atoms with Crippen molar-refractivity contribution in [2.75, 3.05) is 7.05 Å². The topological polar surface area (TPSA) is 172 Å². The number of allylic oxidation sites excluding steroid dienone is 1. The Morgan fingerprint density at radius 3 is 2.43 bits per heavy atom. The second-order valence-electron chi connectivity index (χ2n) is 4.10. The van der Waals surface area contributed by atoms with E-state index in [0.29, 0.717) is 6.07 Å². The molecule has 0 bridgehead atoms. The zero-order valence-corrected chi connectivity index (χ0v) is 12.7. The van der Waals surface area contributed by atoms with Gasteiger partial charge in [0.15, 0.2) is 11.4 Å². The Bertz CT molecular complexity index is 810. The van der Waals surface area contributed by atoms with Crippen LogP contribution in [-0.2, 0) is 14.9 Å². The number of nitrogens with zero attached hydrogens (tertiary/aromatic N) is 3. The van der Waals surface area contributed by atoms with Crippen molar-refractivity contribution >= 4 is 27.4 Å². The first-order valence-corrected chi connectivity index (χ1v) is 7.31. The number of rotatable bonds is 5. The summed E-state index contributed by atoms with van der Waals surface area (Å²) >= 11 is 0. The number of nitro groups is 1. The minimum absolute atomic E-state index is 0.370. The first-order chi connectivity index (χ1) is 10.6. The molecule has 1 rings (SSSR count). The maximum absolute atomic E-state index is 11.5. The van der Waals surface area contributed by atoms with E-state index in [1.165, 1.54) is 14.0 Å². The first-order valence-electron chi connectivity index (χ1n) is 5.87. The molecule has 0 fully saturated rings. The predicted octanol–water partition coefficient (Wildman–Crippen LogP) is 1.46. The molecule has 0 saturated carbocycles. The van der Waals surface area contributed by atoms with Gasteiger partial charge >= 0.3 is 0 Å². The monoisotopic (exact) mass is 344 g/mol. The van der Waals surface area contributed by atoms with Gasteiger partial charge in [0.25, 0.3) is 21.7 Å². The Labute approximate surface area is 130 Å². The summed E-state index contributed by atoms with van der Waals surface area (Å²) < 4.78 is 30.9. The van der Waals surface area contributed by atoms with E-state index in [9.17, 15) is 28.4 Å². The molecule has 11 nitrogen and oxygen atoms in total. The van der Waals surface area contributed by atoms with Crippen LogP contribution in [0.3, 0.4) is 0 Å². The Morgan fingerprint density at radius 2 is 2.00 bits per heavy atom. The minimum atomic E-state index is -4.63. The number of nitro benzene ring substituents is 1. The van der Waals surface area contributed by atoms with Crippen LogP contribution in [0.2, 0.25) is 0 Å². The molecule has 23 heavy (non-hydrogen) atoms. The number of nitrogens with one attached hydrogen (secondary N) is 1. The number of amides is 1. The molecule has 124 valence electrons. The molecule has 0 aliphatic carbocycles. The van der Waals surface area contributed by atoms with E-state index in [0.717, 1.165) is 12.1 Å². The summed E-state index contributed by atoms with van der Waals surface area (Å²) in [4.78, 5) is 20.8. The number of azo groups is 1. The highest BCUT2D eigenvalue weighted by atomic mass is 32.2. The summed E-state index contributed by atoms with van der Waals surface area (Å²) in [5, 5.41) is 29.4. The Morgan fingerprint density at radius 1 is 1.39 bits per heavy atom. The number of carbonyl (C=O) groups is 1. The quantitative estimate of drug-likeness (QED) is 0.181. The van der Waals surface area contributed by atoms with E-state index in [4.69, 9.17) is 4.55 Å². The van der Waals surface area contributed by atoms with Gasteiger partial charge in [0.2, 0.25) is 0 Å². The number of benzene rings is 1. The third-order valence-corrected chi connectivity index (χ3v) is 3.33. The van der Waals surface area contributed by atoms with Gasteiger partial charge in [0, 0.05) is 13.1 Å². The Kier molecular flexibility index (Phi) is 5.48. The van der Waals surface area contributed by atoms with E-state index in [2.05, 4.69) is 15.5 Å². The smallest absolute Gasteiger partial charge is 0.298 e. The molecule has 0 atom stereocenters. The van der Waals surface area contributed by atoms with Gasteiger partial charge in [-0.05, 0) is 19.1 Å². The van der Waals surface area contributed by atoms with Crippen LogP contribution in [0.25, 0.3) is 0 Å². The summed E-state index contributed by atoms with van der Waals surface area (Å²) in [6.45, 7) is 1.17. The van der Waals surface area contributed by atoms with Crippen LogP contribution >= 0.6 is 0 Å². The predicted molar refractivity (Wildman–Crippen MR) is 76.8 cm³/mol. The van der Waals surface area contributed by atoms with Crippen molar-refractivity contribution in [1.29, 1.82) is 0 Å². The molecule has 0 saturated heterocycles. The van der Waals surface area contributed by atoms with Crippen LogP contribution in [0, 0.1) is 10.1 Å². The van der Waals surface area contributed by atoms with Gasteiger partial charge in [-0.25, -0.2) is 0 Å². The lowest BCUT2D eigenvalue weighted by molar-refractivity contribution is -0.384. The van der Waals surface area contributed by atoms with Gasteiger partial charge in [0.05, 0.1) is 4.92 Å². The number of aliphatic hydroxyl groups is 1. The van der Waals surface area contributed by atoms with Crippen LogP contribution in [0.1, 0.15) is 6.92 Å². The number of hydrogen-bond acceptors (Lipinski definition) is 8. The second kappa shape index (κ2) is 6.93. The molecule has 12 heteroatoms. The molecule has 0 unspecified atom stereocenters. The van der Waals surface area contributed by atoms with Crippen molar-refractivity contribution in [1.82, 2.24) is 5.32 Å². The molecule has 0 aliphatic heterocycles. The molecule has 1 aromatic rings. The Hall–Kier alpha value is -2.86. The van der Waals surface area contributed by atoms with E-state index in [1.54, 1.807) is 0 Å². The fourth-order valence-electron chi connectivity index (χ4n) is 1.40. The van der Waals surface area contributed by atoms with Crippen LogP contribution in [0.5, 0.6) is 0 Å². The lowest BCUT2D eigenvalue weighted by Crippen LogP contribution is -2.20. The van der Waals surface area contributed by atoms with Crippen molar-refractivity contribution in [2.24, 2.45) is 10.2 Å². The van der Waals surface area contributed by atoms with Crippen LogP contribution < -0.4 is 5.32 Å². The average Bonchev–Trinajstić information content (AvgIpc) is 2.45. The summed E-state index contributed by atoms with van der Waals surface area (Å²) in [5.41, 5.74) is -1.60. The standard InChI is InChI=1S/C11H12N4O7S/c1-6(16)10(11(17)12-2)14-13-8-4-3-7(23(20,21)22)5-9(8)15(18)19/h3-5,16H,1-2H3,(H,12,17)(H,20,21,22)/b10-6-,14-13?. The van der Waals surface area contributed by atoms with Crippen LogP contribution in [0.15, 0.2) is 44.8 Å².